The molecule has 25 heavy (non-hydrogen) atoms. The lowest BCUT2D eigenvalue weighted by molar-refractivity contribution is 0.0941. The van der Waals surface area contributed by atoms with Crippen molar-refractivity contribution in [2.24, 2.45) is 5.92 Å². The molecule has 1 heterocycles. The van der Waals surface area contributed by atoms with E-state index >= 15 is 0 Å². The normalized spacial score (nSPS) is 11.8. The second kappa shape index (κ2) is 10.0. The zero-order valence-electron chi connectivity index (χ0n) is 15.2. The molecule has 0 aliphatic rings. The van der Waals surface area contributed by atoms with Crippen molar-refractivity contribution in [2.45, 2.75) is 39.5 Å². The molecule has 1 unspecified atom stereocenters. The summed E-state index contributed by atoms with van der Waals surface area (Å²) in [5, 5.41) is 8.71. The van der Waals surface area contributed by atoms with E-state index in [4.69, 9.17) is 4.74 Å². The van der Waals surface area contributed by atoms with Crippen LogP contribution in [0.4, 0.5) is 10.8 Å². The van der Waals surface area contributed by atoms with Gasteiger partial charge in [0.25, 0.3) is 5.91 Å². The van der Waals surface area contributed by atoms with Crippen LogP contribution < -0.4 is 15.4 Å². The van der Waals surface area contributed by atoms with E-state index in [0.29, 0.717) is 23.3 Å². The van der Waals surface area contributed by atoms with Gasteiger partial charge in [0.1, 0.15) is 11.4 Å². The largest absolute Gasteiger partial charge is 0.497 e. The van der Waals surface area contributed by atoms with Crippen LogP contribution in [0.25, 0.3) is 0 Å². The van der Waals surface area contributed by atoms with Gasteiger partial charge in [0, 0.05) is 17.6 Å². The van der Waals surface area contributed by atoms with Gasteiger partial charge in [0.2, 0.25) is 0 Å². The molecule has 1 amide bonds. The first-order valence-corrected chi connectivity index (χ1v) is 9.69. The first kappa shape index (κ1) is 19.2. The van der Waals surface area contributed by atoms with Crippen molar-refractivity contribution >= 4 is 28.1 Å². The molecular weight excluding hydrogens is 334 g/mol. The molecule has 1 atom stereocenters. The molecule has 0 bridgehead atoms. The summed E-state index contributed by atoms with van der Waals surface area (Å²) in [6.45, 7) is 5.08. The van der Waals surface area contributed by atoms with Gasteiger partial charge in [-0.25, -0.2) is 4.98 Å². The van der Waals surface area contributed by atoms with Crippen molar-refractivity contribution in [1.82, 2.24) is 10.3 Å². The standard InChI is InChI=1S/C19H27N3O2S/c1-4-6-7-14(5-2)12-20-18(23)17-13-25-19(22-17)21-15-8-10-16(24-3)11-9-15/h8-11,13-14H,4-7,12H2,1-3H3,(H,20,23)(H,21,22). The molecule has 0 aliphatic carbocycles. The van der Waals surface area contributed by atoms with Crippen molar-refractivity contribution < 1.29 is 9.53 Å². The Kier molecular flexibility index (Phi) is 7.73. The van der Waals surface area contributed by atoms with Gasteiger partial charge in [-0.05, 0) is 36.6 Å². The number of nitrogens with one attached hydrogen (secondary N) is 2. The predicted molar refractivity (Wildman–Crippen MR) is 104 cm³/mol. The molecule has 0 spiro atoms. The summed E-state index contributed by atoms with van der Waals surface area (Å²) in [5.74, 6) is 1.24. The maximum absolute atomic E-state index is 12.3. The molecule has 0 radical (unpaired) electrons. The Balaban J connectivity index is 1.87. The van der Waals surface area contributed by atoms with E-state index in [9.17, 15) is 4.79 Å². The molecule has 2 aromatic rings. The van der Waals surface area contributed by atoms with E-state index in [1.54, 1.807) is 12.5 Å². The highest BCUT2D eigenvalue weighted by molar-refractivity contribution is 7.14. The number of rotatable bonds is 10. The van der Waals surface area contributed by atoms with Gasteiger partial charge in [-0.3, -0.25) is 4.79 Å². The second-order valence-corrected chi connectivity index (χ2v) is 6.88. The van der Waals surface area contributed by atoms with Crippen molar-refractivity contribution in [3.05, 3.63) is 35.3 Å². The van der Waals surface area contributed by atoms with E-state index < -0.39 is 0 Å². The van der Waals surface area contributed by atoms with E-state index in [2.05, 4.69) is 29.5 Å². The molecule has 5 nitrogen and oxygen atoms in total. The number of thiazole rings is 1. The number of amides is 1. The summed E-state index contributed by atoms with van der Waals surface area (Å²) in [5.41, 5.74) is 1.37. The van der Waals surface area contributed by atoms with Crippen LogP contribution >= 0.6 is 11.3 Å². The molecule has 2 rings (SSSR count). The number of carbonyl (C=O) groups excluding carboxylic acids is 1. The number of carbonyl (C=O) groups is 1. The number of methoxy groups -OCH3 is 1. The summed E-state index contributed by atoms with van der Waals surface area (Å²) in [4.78, 5) is 16.7. The topological polar surface area (TPSA) is 63.2 Å². The molecule has 1 aromatic heterocycles. The molecule has 0 saturated heterocycles. The molecule has 1 aromatic carbocycles. The van der Waals surface area contributed by atoms with Crippen molar-refractivity contribution in [3.63, 3.8) is 0 Å². The van der Waals surface area contributed by atoms with Crippen LogP contribution in [0.5, 0.6) is 5.75 Å². The Labute approximate surface area is 153 Å². The Morgan fingerprint density at radius 2 is 2.04 bits per heavy atom. The molecule has 136 valence electrons. The van der Waals surface area contributed by atoms with Crippen LogP contribution in [0.3, 0.4) is 0 Å². The Bertz CT molecular complexity index is 655. The first-order valence-electron chi connectivity index (χ1n) is 8.81. The SMILES string of the molecule is CCCCC(CC)CNC(=O)c1csc(Nc2ccc(OC)cc2)n1. The Hall–Kier alpha value is -2.08. The van der Waals surface area contributed by atoms with Gasteiger partial charge in [-0.2, -0.15) is 0 Å². The average Bonchev–Trinajstić information content (AvgIpc) is 3.11. The minimum atomic E-state index is -0.103. The van der Waals surface area contributed by atoms with E-state index in [1.807, 2.05) is 24.3 Å². The zero-order chi connectivity index (χ0) is 18.1. The van der Waals surface area contributed by atoms with E-state index in [-0.39, 0.29) is 5.91 Å². The van der Waals surface area contributed by atoms with Gasteiger partial charge in [0.05, 0.1) is 7.11 Å². The fraction of sp³-hybridized carbons (Fsp3) is 0.474. The van der Waals surface area contributed by atoms with Gasteiger partial charge in [-0.1, -0.05) is 33.1 Å². The summed E-state index contributed by atoms with van der Waals surface area (Å²) < 4.78 is 5.14. The van der Waals surface area contributed by atoms with Crippen molar-refractivity contribution in [2.75, 3.05) is 19.0 Å². The van der Waals surface area contributed by atoms with Crippen LogP contribution in [0, 0.1) is 5.92 Å². The average molecular weight is 362 g/mol. The van der Waals surface area contributed by atoms with E-state index in [1.165, 1.54) is 24.2 Å². The predicted octanol–water partition coefficient (Wildman–Crippen LogP) is 4.84. The number of hydrogen-bond acceptors (Lipinski definition) is 5. The third-order valence-electron chi connectivity index (χ3n) is 4.17. The fourth-order valence-electron chi connectivity index (χ4n) is 2.50. The third kappa shape index (κ3) is 6.05. The molecule has 2 N–H and O–H groups in total. The Morgan fingerprint density at radius 1 is 1.28 bits per heavy atom. The highest BCUT2D eigenvalue weighted by Gasteiger charge is 2.13. The molecular formula is C19H27N3O2S. The lowest BCUT2D eigenvalue weighted by Gasteiger charge is -2.14. The summed E-state index contributed by atoms with van der Waals surface area (Å²) in [6, 6.07) is 7.59. The maximum atomic E-state index is 12.3. The van der Waals surface area contributed by atoms with Crippen LogP contribution in [-0.2, 0) is 0 Å². The fourth-order valence-corrected chi connectivity index (χ4v) is 3.22. The highest BCUT2D eigenvalue weighted by atomic mass is 32.1. The monoisotopic (exact) mass is 361 g/mol. The van der Waals surface area contributed by atoms with Crippen LogP contribution in [0.15, 0.2) is 29.6 Å². The van der Waals surface area contributed by atoms with Crippen LogP contribution in [0.1, 0.15) is 50.0 Å². The van der Waals surface area contributed by atoms with E-state index in [0.717, 1.165) is 24.3 Å². The molecule has 0 saturated carbocycles. The smallest absolute Gasteiger partial charge is 0.270 e. The Morgan fingerprint density at radius 3 is 2.68 bits per heavy atom. The lowest BCUT2D eigenvalue weighted by Crippen LogP contribution is -2.29. The number of unbranched alkanes of at least 4 members (excludes halogenated alkanes) is 1. The van der Waals surface area contributed by atoms with Gasteiger partial charge in [-0.15, -0.1) is 11.3 Å². The zero-order valence-corrected chi connectivity index (χ0v) is 16.0. The van der Waals surface area contributed by atoms with Gasteiger partial charge >= 0.3 is 0 Å². The van der Waals surface area contributed by atoms with Crippen molar-refractivity contribution in [3.8, 4) is 5.75 Å². The van der Waals surface area contributed by atoms with Crippen LogP contribution in [0.2, 0.25) is 0 Å². The summed E-state index contributed by atoms with van der Waals surface area (Å²) in [6.07, 6.45) is 4.65. The number of aromatic nitrogens is 1. The molecule has 0 fully saturated rings. The number of nitrogens with zero attached hydrogens (tertiary/aromatic N) is 1. The number of anilines is 2. The lowest BCUT2D eigenvalue weighted by atomic mass is 9.99. The second-order valence-electron chi connectivity index (χ2n) is 6.02. The molecule has 0 aliphatic heterocycles. The minimum Gasteiger partial charge on any atom is -0.497 e. The maximum Gasteiger partial charge on any atom is 0.270 e. The van der Waals surface area contributed by atoms with Gasteiger partial charge < -0.3 is 15.4 Å². The number of hydrogen-bond donors (Lipinski definition) is 2. The molecule has 6 heteroatoms. The number of benzene rings is 1. The van der Waals surface area contributed by atoms with Gasteiger partial charge in [0.15, 0.2) is 5.13 Å². The number of ether oxygens (including phenoxy) is 1. The van der Waals surface area contributed by atoms with Crippen molar-refractivity contribution in [1.29, 1.82) is 0 Å². The van der Waals surface area contributed by atoms with Crippen LogP contribution in [-0.4, -0.2) is 24.5 Å². The minimum absolute atomic E-state index is 0.103. The summed E-state index contributed by atoms with van der Waals surface area (Å²) in [7, 11) is 1.64. The first-order chi connectivity index (χ1) is 12.2. The third-order valence-corrected chi connectivity index (χ3v) is 4.93. The summed E-state index contributed by atoms with van der Waals surface area (Å²) >= 11 is 1.42. The highest BCUT2D eigenvalue weighted by Crippen LogP contribution is 2.23. The quantitative estimate of drug-likeness (QED) is 0.635.